The van der Waals surface area contributed by atoms with Gasteiger partial charge in [0.2, 0.25) is 0 Å². The highest BCUT2D eigenvalue weighted by molar-refractivity contribution is 5.98. The largest absolute Gasteiger partial charge is 0.478 e. The first-order valence-electron chi connectivity index (χ1n) is 9.56. The normalized spacial score (nSPS) is 10.4. The fourth-order valence-corrected chi connectivity index (χ4v) is 2.99. The molecule has 0 spiro atoms. The third kappa shape index (κ3) is 7.59. The summed E-state index contributed by atoms with van der Waals surface area (Å²) in [4.78, 5) is 23.2. The Kier molecular flexibility index (Phi) is 10.5. The van der Waals surface area contributed by atoms with Gasteiger partial charge in [-0.1, -0.05) is 64.0 Å². The number of carbonyl (C=O) groups excluding carboxylic acids is 1. The zero-order chi connectivity index (χ0) is 18.8. The first-order chi connectivity index (χ1) is 12.6. The molecule has 5 heteroatoms. The molecular formula is C22H29ClO4. The molecule has 2 aromatic rings. The third-order valence-corrected chi connectivity index (χ3v) is 4.55. The van der Waals surface area contributed by atoms with Crippen LogP contribution in [0, 0.1) is 0 Å². The van der Waals surface area contributed by atoms with Crippen molar-refractivity contribution < 1.29 is 19.4 Å². The maximum absolute atomic E-state index is 12.2. The lowest BCUT2D eigenvalue weighted by Crippen LogP contribution is -2.06. The van der Waals surface area contributed by atoms with E-state index in [9.17, 15) is 9.59 Å². The van der Waals surface area contributed by atoms with Gasteiger partial charge in [0.1, 0.15) is 0 Å². The second-order valence-electron chi connectivity index (χ2n) is 6.69. The minimum atomic E-state index is -0.958. The van der Waals surface area contributed by atoms with Crippen molar-refractivity contribution in [2.75, 3.05) is 6.61 Å². The lowest BCUT2D eigenvalue weighted by atomic mass is 10.0. The number of carbonyl (C=O) groups is 2. The van der Waals surface area contributed by atoms with E-state index in [1.165, 1.54) is 38.5 Å². The molecule has 2 rings (SSSR count). The molecule has 2 aromatic carbocycles. The smallest absolute Gasteiger partial charge is 0.338 e. The summed E-state index contributed by atoms with van der Waals surface area (Å²) in [5.74, 6) is -1.28. The highest BCUT2D eigenvalue weighted by atomic mass is 35.5. The molecule has 0 aliphatic heterocycles. The molecule has 0 amide bonds. The molecule has 0 aromatic heterocycles. The molecule has 0 fully saturated rings. The van der Waals surface area contributed by atoms with Gasteiger partial charge in [-0.25, -0.2) is 9.59 Å². The van der Waals surface area contributed by atoms with Gasteiger partial charge in [-0.15, -0.1) is 12.4 Å². The highest BCUT2D eigenvalue weighted by Crippen LogP contribution is 2.19. The van der Waals surface area contributed by atoms with Crippen molar-refractivity contribution in [3.05, 3.63) is 47.5 Å². The summed E-state index contributed by atoms with van der Waals surface area (Å²) in [7, 11) is 0. The lowest BCUT2D eigenvalue weighted by molar-refractivity contribution is 0.0497. The maximum Gasteiger partial charge on any atom is 0.338 e. The van der Waals surface area contributed by atoms with Crippen molar-refractivity contribution >= 4 is 35.1 Å². The quantitative estimate of drug-likeness (QED) is 0.362. The molecular weight excluding hydrogens is 364 g/mol. The summed E-state index contributed by atoms with van der Waals surface area (Å²) in [6.07, 6.45) is 9.66. The van der Waals surface area contributed by atoms with Crippen molar-refractivity contribution in [1.82, 2.24) is 0 Å². The average molecular weight is 393 g/mol. The van der Waals surface area contributed by atoms with Crippen molar-refractivity contribution in [2.45, 2.75) is 58.3 Å². The van der Waals surface area contributed by atoms with Gasteiger partial charge in [0.25, 0.3) is 0 Å². The first-order valence-corrected chi connectivity index (χ1v) is 9.56. The molecule has 1 N–H and O–H groups in total. The van der Waals surface area contributed by atoms with Crippen molar-refractivity contribution in [2.24, 2.45) is 0 Å². The SMILES string of the molecule is CCCCCCCCCCOC(=O)c1ccc2cc(C(=O)O)ccc2c1.Cl. The Balaban J connectivity index is 0.00000364. The molecule has 0 saturated carbocycles. The number of carboxylic acids is 1. The lowest BCUT2D eigenvalue weighted by Gasteiger charge is -2.07. The van der Waals surface area contributed by atoms with Crippen LogP contribution in [0.3, 0.4) is 0 Å². The predicted molar refractivity (Wildman–Crippen MR) is 111 cm³/mol. The Morgan fingerprint density at radius 1 is 0.815 bits per heavy atom. The Labute approximate surface area is 167 Å². The number of rotatable bonds is 11. The minimum Gasteiger partial charge on any atom is -0.478 e. The Morgan fingerprint density at radius 2 is 1.33 bits per heavy atom. The molecule has 0 radical (unpaired) electrons. The second-order valence-corrected chi connectivity index (χ2v) is 6.69. The fourth-order valence-electron chi connectivity index (χ4n) is 2.99. The van der Waals surface area contributed by atoms with E-state index >= 15 is 0 Å². The van der Waals surface area contributed by atoms with Crippen LogP contribution >= 0.6 is 12.4 Å². The number of carboxylic acid groups (broad SMARTS) is 1. The van der Waals surface area contributed by atoms with Crippen LogP contribution in [0.4, 0.5) is 0 Å². The van der Waals surface area contributed by atoms with Crippen LogP contribution in [0.1, 0.15) is 79.0 Å². The van der Waals surface area contributed by atoms with Crippen molar-refractivity contribution in [3.8, 4) is 0 Å². The third-order valence-electron chi connectivity index (χ3n) is 4.55. The zero-order valence-electron chi connectivity index (χ0n) is 15.9. The fraction of sp³-hybridized carbons (Fsp3) is 0.455. The topological polar surface area (TPSA) is 63.6 Å². The van der Waals surface area contributed by atoms with Crippen LogP contribution < -0.4 is 0 Å². The van der Waals surface area contributed by atoms with Crippen LogP contribution in [0.15, 0.2) is 36.4 Å². The molecule has 0 aliphatic rings. The summed E-state index contributed by atoms with van der Waals surface area (Å²) in [6.45, 7) is 2.67. The van der Waals surface area contributed by atoms with Gasteiger partial charge in [0.15, 0.2) is 0 Å². The number of hydrogen-bond donors (Lipinski definition) is 1. The van der Waals surface area contributed by atoms with Crippen LogP contribution in [-0.4, -0.2) is 23.7 Å². The summed E-state index contributed by atoms with van der Waals surface area (Å²) < 4.78 is 5.35. The summed E-state index contributed by atoms with van der Waals surface area (Å²) in [5.41, 5.74) is 0.739. The summed E-state index contributed by atoms with van der Waals surface area (Å²) >= 11 is 0. The second kappa shape index (κ2) is 12.3. The summed E-state index contributed by atoms with van der Waals surface area (Å²) in [5, 5.41) is 10.7. The molecule has 0 heterocycles. The van der Waals surface area contributed by atoms with E-state index in [1.54, 1.807) is 36.4 Å². The van der Waals surface area contributed by atoms with Gasteiger partial charge >= 0.3 is 11.9 Å². The number of ether oxygens (including phenoxy) is 1. The van der Waals surface area contributed by atoms with Crippen LogP contribution in [0.25, 0.3) is 10.8 Å². The Bertz CT molecular complexity index is 742. The molecule has 4 nitrogen and oxygen atoms in total. The van der Waals surface area contributed by atoms with Crippen molar-refractivity contribution in [3.63, 3.8) is 0 Å². The number of fused-ring (bicyclic) bond motifs is 1. The number of unbranched alkanes of at least 4 members (excludes halogenated alkanes) is 7. The highest BCUT2D eigenvalue weighted by Gasteiger charge is 2.09. The number of esters is 1. The van der Waals surface area contributed by atoms with E-state index in [0.717, 1.165) is 23.6 Å². The Hall–Kier alpha value is -2.07. The van der Waals surface area contributed by atoms with Crippen LogP contribution in [0.5, 0.6) is 0 Å². The van der Waals surface area contributed by atoms with Gasteiger partial charge in [-0.2, -0.15) is 0 Å². The molecule has 0 unspecified atom stereocenters. The van der Waals surface area contributed by atoms with E-state index in [4.69, 9.17) is 9.84 Å². The van der Waals surface area contributed by atoms with Crippen LogP contribution in [0.2, 0.25) is 0 Å². The van der Waals surface area contributed by atoms with Gasteiger partial charge in [0, 0.05) is 0 Å². The predicted octanol–water partition coefficient (Wildman–Crippen LogP) is 6.26. The molecule has 0 aliphatic carbocycles. The van der Waals surface area contributed by atoms with E-state index < -0.39 is 5.97 Å². The monoisotopic (exact) mass is 392 g/mol. The Morgan fingerprint density at radius 3 is 1.93 bits per heavy atom. The number of benzene rings is 2. The first kappa shape index (κ1) is 23.0. The van der Waals surface area contributed by atoms with E-state index in [-0.39, 0.29) is 23.9 Å². The summed E-state index contributed by atoms with van der Waals surface area (Å²) in [6, 6.07) is 10.1. The van der Waals surface area contributed by atoms with E-state index in [1.807, 2.05) is 0 Å². The van der Waals surface area contributed by atoms with Crippen molar-refractivity contribution in [1.29, 1.82) is 0 Å². The number of hydrogen-bond acceptors (Lipinski definition) is 3. The van der Waals surface area contributed by atoms with E-state index in [2.05, 4.69) is 6.92 Å². The maximum atomic E-state index is 12.2. The van der Waals surface area contributed by atoms with Gasteiger partial charge in [-0.05, 0) is 41.5 Å². The van der Waals surface area contributed by atoms with Gasteiger partial charge < -0.3 is 9.84 Å². The molecule has 148 valence electrons. The minimum absolute atomic E-state index is 0. The molecule has 0 saturated heterocycles. The molecule has 0 bridgehead atoms. The molecule has 27 heavy (non-hydrogen) atoms. The average Bonchev–Trinajstić information content (AvgIpc) is 2.65. The standard InChI is InChI=1S/C22H28O4.ClH/c1-2-3-4-5-6-7-8-9-14-26-22(25)20-13-11-17-15-19(21(23)24)12-10-18(17)16-20;/h10-13,15-16H,2-9,14H2,1H3,(H,23,24);1H. The zero-order valence-corrected chi connectivity index (χ0v) is 16.7. The number of halogens is 1. The number of aromatic carboxylic acids is 1. The van der Waals surface area contributed by atoms with Gasteiger partial charge in [-0.3, -0.25) is 0 Å². The molecule has 0 atom stereocenters. The van der Waals surface area contributed by atoms with Crippen LogP contribution in [-0.2, 0) is 4.74 Å². The van der Waals surface area contributed by atoms with Gasteiger partial charge in [0.05, 0.1) is 17.7 Å². The van der Waals surface area contributed by atoms with E-state index in [0.29, 0.717) is 12.2 Å².